The molecule has 0 amide bonds. The quantitative estimate of drug-likeness (QED) is 0.902. The van der Waals surface area contributed by atoms with Crippen molar-refractivity contribution in [2.45, 2.75) is 25.8 Å². The lowest BCUT2D eigenvalue weighted by molar-refractivity contribution is 0.203. The average molecular weight is 313 g/mol. The van der Waals surface area contributed by atoms with Crippen LogP contribution in [0.5, 0.6) is 0 Å². The van der Waals surface area contributed by atoms with Crippen LogP contribution in [0.2, 0.25) is 0 Å². The standard InChI is InChI=1S/C14H21BrN2O/c1-10(16)13-8-12(15)2-3-14(13)17-6-4-11(9-18)5-7-17/h2-3,8,10-11,18H,4-7,9,16H2,1H3. The van der Waals surface area contributed by atoms with E-state index in [1.165, 1.54) is 11.3 Å². The largest absolute Gasteiger partial charge is 0.396 e. The minimum atomic E-state index is 0.0352. The second-order valence-electron chi connectivity index (χ2n) is 5.10. The molecule has 1 aliphatic rings. The molecule has 4 heteroatoms. The minimum absolute atomic E-state index is 0.0352. The molecule has 1 heterocycles. The van der Waals surface area contributed by atoms with Gasteiger partial charge in [0.15, 0.2) is 0 Å². The van der Waals surface area contributed by atoms with Crippen LogP contribution in [-0.2, 0) is 0 Å². The van der Waals surface area contributed by atoms with Gasteiger partial charge >= 0.3 is 0 Å². The van der Waals surface area contributed by atoms with Crippen LogP contribution >= 0.6 is 15.9 Å². The number of anilines is 1. The number of hydrogen-bond acceptors (Lipinski definition) is 3. The minimum Gasteiger partial charge on any atom is -0.396 e. The number of rotatable bonds is 3. The lowest BCUT2D eigenvalue weighted by Crippen LogP contribution is -2.35. The summed E-state index contributed by atoms with van der Waals surface area (Å²) < 4.78 is 1.07. The van der Waals surface area contributed by atoms with Crippen LogP contribution in [0, 0.1) is 5.92 Å². The summed E-state index contributed by atoms with van der Waals surface area (Å²) in [5.41, 5.74) is 8.48. The summed E-state index contributed by atoms with van der Waals surface area (Å²) in [5, 5.41) is 9.18. The molecule has 1 aromatic carbocycles. The zero-order chi connectivity index (χ0) is 13.1. The number of benzene rings is 1. The molecule has 1 fully saturated rings. The molecule has 1 aromatic rings. The topological polar surface area (TPSA) is 49.5 Å². The van der Waals surface area contributed by atoms with Gasteiger partial charge in [0.25, 0.3) is 0 Å². The number of aliphatic hydroxyl groups excluding tert-OH is 1. The molecule has 3 nitrogen and oxygen atoms in total. The SMILES string of the molecule is CC(N)c1cc(Br)ccc1N1CCC(CO)CC1. The van der Waals surface area contributed by atoms with Crippen LogP contribution in [0.25, 0.3) is 0 Å². The van der Waals surface area contributed by atoms with Crippen molar-refractivity contribution in [3.63, 3.8) is 0 Å². The molecule has 0 spiro atoms. The van der Waals surface area contributed by atoms with Gasteiger partial charge in [0.05, 0.1) is 0 Å². The second kappa shape index (κ2) is 6.04. The Labute approximate surface area is 117 Å². The second-order valence-corrected chi connectivity index (χ2v) is 6.02. The lowest BCUT2D eigenvalue weighted by Gasteiger charge is -2.34. The number of piperidine rings is 1. The molecular weight excluding hydrogens is 292 g/mol. The van der Waals surface area contributed by atoms with E-state index in [4.69, 9.17) is 5.73 Å². The number of nitrogens with two attached hydrogens (primary N) is 1. The molecule has 0 saturated carbocycles. The van der Waals surface area contributed by atoms with E-state index in [9.17, 15) is 5.11 Å². The van der Waals surface area contributed by atoms with Crippen LogP contribution < -0.4 is 10.6 Å². The molecule has 0 aromatic heterocycles. The van der Waals surface area contributed by atoms with Crippen molar-refractivity contribution in [1.82, 2.24) is 0 Å². The van der Waals surface area contributed by atoms with Gasteiger partial charge in [-0.3, -0.25) is 0 Å². The van der Waals surface area contributed by atoms with Crippen LogP contribution in [0.15, 0.2) is 22.7 Å². The highest BCUT2D eigenvalue weighted by atomic mass is 79.9. The van der Waals surface area contributed by atoms with Gasteiger partial charge in [-0.25, -0.2) is 0 Å². The van der Waals surface area contributed by atoms with Gasteiger partial charge in [0.2, 0.25) is 0 Å². The highest BCUT2D eigenvalue weighted by Gasteiger charge is 2.21. The maximum absolute atomic E-state index is 9.18. The lowest BCUT2D eigenvalue weighted by atomic mass is 9.96. The van der Waals surface area contributed by atoms with E-state index in [0.29, 0.717) is 12.5 Å². The van der Waals surface area contributed by atoms with Crippen molar-refractivity contribution in [3.8, 4) is 0 Å². The number of nitrogens with zero attached hydrogens (tertiary/aromatic N) is 1. The Morgan fingerprint density at radius 3 is 2.67 bits per heavy atom. The molecule has 1 aliphatic heterocycles. The zero-order valence-electron chi connectivity index (χ0n) is 10.8. The Hall–Kier alpha value is -0.580. The maximum atomic E-state index is 9.18. The molecule has 0 aliphatic carbocycles. The first-order valence-corrected chi connectivity index (χ1v) is 7.32. The van der Waals surface area contributed by atoms with E-state index in [0.717, 1.165) is 30.4 Å². The van der Waals surface area contributed by atoms with Gasteiger partial charge in [-0.1, -0.05) is 15.9 Å². The summed E-state index contributed by atoms with van der Waals surface area (Å²) in [5.74, 6) is 0.468. The average Bonchev–Trinajstić information content (AvgIpc) is 2.39. The van der Waals surface area contributed by atoms with Crippen LogP contribution in [0.1, 0.15) is 31.4 Å². The molecule has 0 radical (unpaired) electrons. The molecular formula is C14H21BrN2O. The summed E-state index contributed by atoms with van der Waals surface area (Å²) in [4.78, 5) is 2.39. The van der Waals surface area contributed by atoms with E-state index >= 15 is 0 Å². The fraction of sp³-hybridized carbons (Fsp3) is 0.571. The van der Waals surface area contributed by atoms with Crippen molar-refractivity contribution in [1.29, 1.82) is 0 Å². The van der Waals surface area contributed by atoms with Crippen molar-refractivity contribution in [2.24, 2.45) is 11.7 Å². The molecule has 1 saturated heterocycles. The Morgan fingerprint density at radius 1 is 1.44 bits per heavy atom. The normalized spacial score (nSPS) is 19.0. The zero-order valence-corrected chi connectivity index (χ0v) is 12.4. The first-order valence-electron chi connectivity index (χ1n) is 6.52. The van der Waals surface area contributed by atoms with Crippen molar-refractivity contribution >= 4 is 21.6 Å². The summed E-state index contributed by atoms with van der Waals surface area (Å²) in [6, 6.07) is 6.35. The van der Waals surface area contributed by atoms with Crippen LogP contribution in [0.3, 0.4) is 0 Å². The molecule has 1 unspecified atom stereocenters. The highest BCUT2D eigenvalue weighted by molar-refractivity contribution is 9.10. The van der Waals surface area contributed by atoms with Gasteiger partial charge in [0.1, 0.15) is 0 Å². The third kappa shape index (κ3) is 3.05. The van der Waals surface area contributed by atoms with Crippen LogP contribution in [-0.4, -0.2) is 24.8 Å². The Bertz CT molecular complexity index is 401. The number of hydrogen-bond donors (Lipinski definition) is 2. The predicted molar refractivity (Wildman–Crippen MR) is 78.8 cm³/mol. The third-order valence-electron chi connectivity index (χ3n) is 3.69. The first-order chi connectivity index (χ1) is 8.61. The van der Waals surface area contributed by atoms with Crippen molar-refractivity contribution in [2.75, 3.05) is 24.6 Å². The summed E-state index contributed by atoms with van der Waals surface area (Å²) in [6.07, 6.45) is 2.12. The van der Waals surface area contributed by atoms with Gasteiger partial charge < -0.3 is 15.7 Å². The number of aliphatic hydroxyl groups is 1. The van der Waals surface area contributed by atoms with E-state index in [1.54, 1.807) is 0 Å². The van der Waals surface area contributed by atoms with E-state index in [-0.39, 0.29) is 6.04 Å². The summed E-state index contributed by atoms with van der Waals surface area (Å²) >= 11 is 3.50. The molecule has 1 atom stereocenters. The van der Waals surface area contributed by atoms with Crippen molar-refractivity contribution < 1.29 is 5.11 Å². The van der Waals surface area contributed by atoms with E-state index < -0.39 is 0 Å². The summed E-state index contributed by atoms with van der Waals surface area (Å²) in [7, 11) is 0. The van der Waals surface area contributed by atoms with Crippen molar-refractivity contribution in [3.05, 3.63) is 28.2 Å². The molecule has 2 rings (SSSR count). The Morgan fingerprint density at radius 2 is 2.11 bits per heavy atom. The molecule has 100 valence electrons. The van der Waals surface area contributed by atoms with Gasteiger partial charge in [-0.15, -0.1) is 0 Å². The Balaban J connectivity index is 2.18. The fourth-order valence-electron chi connectivity index (χ4n) is 2.53. The fourth-order valence-corrected chi connectivity index (χ4v) is 2.91. The van der Waals surface area contributed by atoms with E-state index in [1.807, 2.05) is 6.92 Å². The monoisotopic (exact) mass is 312 g/mol. The molecule has 3 N–H and O–H groups in total. The van der Waals surface area contributed by atoms with Gasteiger partial charge in [-0.2, -0.15) is 0 Å². The highest BCUT2D eigenvalue weighted by Crippen LogP contribution is 2.31. The maximum Gasteiger partial charge on any atom is 0.0460 e. The predicted octanol–water partition coefficient (Wildman–Crippen LogP) is 2.68. The van der Waals surface area contributed by atoms with Crippen LogP contribution in [0.4, 0.5) is 5.69 Å². The Kier molecular flexibility index (Phi) is 4.65. The van der Waals surface area contributed by atoms with Gasteiger partial charge in [0, 0.05) is 35.9 Å². The first kappa shape index (κ1) is 13.8. The molecule has 18 heavy (non-hydrogen) atoms. The smallest absolute Gasteiger partial charge is 0.0460 e. The van der Waals surface area contributed by atoms with E-state index in [2.05, 4.69) is 39.0 Å². The summed E-state index contributed by atoms with van der Waals surface area (Å²) in [6.45, 7) is 4.35. The van der Waals surface area contributed by atoms with Gasteiger partial charge in [-0.05, 0) is 49.4 Å². The third-order valence-corrected chi connectivity index (χ3v) is 4.19. The molecule has 0 bridgehead atoms. The number of halogens is 1.